The van der Waals surface area contributed by atoms with Gasteiger partial charge in [0, 0.05) is 6.42 Å². The van der Waals surface area contributed by atoms with Crippen LogP contribution in [0.2, 0.25) is 10.2 Å². The number of thioether (sulfide) groups is 1. The molecule has 0 saturated carbocycles. The second-order valence-corrected chi connectivity index (χ2v) is 4.63. The summed E-state index contributed by atoms with van der Waals surface area (Å²) in [6.45, 7) is 0. The second kappa shape index (κ2) is 3.56. The molecule has 1 aliphatic heterocycles. The summed E-state index contributed by atoms with van der Waals surface area (Å²) in [6, 6.07) is 1.84. The first-order valence-corrected chi connectivity index (χ1v) is 5.89. The third-order valence-corrected chi connectivity index (χ3v) is 3.52. The smallest absolute Gasteiger partial charge is 0.148 e. The zero-order chi connectivity index (χ0) is 9.42. The van der Waals surface area contributed by atoms with Gasteiger partial charge in [-0.25, -0.2) is 4.98 Å². The van der Waals surface area contributed by atoms with Crippen molar-refractivity contribution in [3.05, 3.63) is 21.9 Å². The summed E-state index contributed by atoms with van der Waals surface area (Å²) in [7, 11) is 0. The lowest BCUT2D eigenvalue weighted by molar-refractivity contribution is 0.992. The van der Waals surface area contributed by atoms with E-state index in [0.29, 0.717) is 15.5 Å². The molecule has 0 radical (unpaired) electrons. The minimum atomic E-state index is 0.393. The number of nitrogens with one attached hydrogen (secondary N) is 1. The quantitative estimate of drug-likeness (QED) is 0.757. The molecule has 0 spiro atoms. The van der Waals surface area contributed by atoms with E-state index in [9.17, 15) is 0 Å². The normalized spacial score (nSPS) is 19.8. The van der Waals surface area contributed by atoms with Gasteiger partial charge in [0.05, 0.1) is 21.8 Å². The molecule has 1 atom stereocenters. The van der Waals surface area contributed by atoms with Crippen LogP contribution in [-0.2, 0) is 6.42 Å². The van der Waals surface area contributed by atoms with Crippen LogP contribution < -0.4 is 5.32 Å². The highest BCUT2D eigenvalue weighted by molar-refractivity contribution is 7.99. The van der Waals surface area contributed by atoms with Crippen molar-refractivity contribution in [3.8, 4) is 0 Å². The molecule has 1 aliphatic rings. The molecule has 0 aliphatic carbocycles. The maximum atomic E-state index is 5.84. The summed E-state index contributed by atoms with van der Waals surface area (Å²) >= 11 is 13.4. The molecule has 0 amide bonds. The Morgan fingerprint density at radius 2 is 2.38 bits per heavy atom. The molecule has 2 nitrogen and oxygen atoms in total. The van der Waals surface area contributed by atoms with Crippen molar-refractivity contribution in [2.45, 2.75) is 11.8 Å². The van der Waals surface area contributed by atoms with E-state index in [1.165, 1.54) is 0 Å². The first-order valence-electron chi connectivity index (χ1n) is 3.85. The number of hydrogen-bond acceptors (Lipinski definition) is 3. The topological polar surface area (TPSA) is 24.9 Å². The first kappa shape index (κ1) is 9.44. The Morgan fingerprint density at radius 1 is 1.62 bits per heavy atom. The highest BCUT2D eigenvalue weighted by Crippen LogP contribution is 2.33. The second-order valence-electron chi connectivity index (χ2n) is 2.83. The van der Waals surface area contributed by atoms with E-state index in [1.54, 1.807) is 11.8 Å². The molecule has 5 heteroatoms. The summed E-state index contributed by atoms with van der Waals surface area (Å²) in [4.78, 5) is 4.21. The van der Waals surface area contributed by atoms with Crippen molar-refractivity contribution < 1.29 is 0 Å². The van der Waals surface area contributed by atoms with Crippen LogP contribution in [0.25, 0.3) is 0 Å². The average Bonchev–Trinajstić information content (AvgIpc) is 2.48. The SMILES string of the molecule is CSC1Cc2nc(Cl)c(Cl)cc2N1. The van der Waals surface area contributed by atoms with Gasteiger partial charge in [0.2, 0.25) is 0 Å². The predicted octanol–water partition coefficient (Wildman–Crippen LogP) is 3.05. The van der Waals surface area contributed by atoms with Crippen molar-refractivity contribution >= 4 is 40.7 Å². The molecule has 1 unspecified atom stereocenters. The molecule has 2 rings (SSSR count). The van der Waals surface area contributed by atoms with Gasteiger partial charge >= 0.3 is 0 Å². The Kier molecular flexibility index (Phi) is 2.58. The summed E-state index contributed by atoms with van der Waals surface area (Å²) in [5.41, 5.74) is 2.02. The fourth-order valence-electron chi connectivity index (χ4n) is 1.32. The first-order chi connectivity index (χ1) is 6.20. The Morgan fingerprint density at radius 3 is 3.08 bits per heavy atom. The van der Waals surface area contributed by atoms with Gasteiger partial charge in [-0.2, -0.15) is 0 Å². The van der Waals surface area contributed by atoms with Gasteiger partial charge in [-0.3, -0.25) is 0 Å². The maximum absolute atomic E-state index is 5.84. The van der Waals surface area contributed by atoms with Gasteiger partial charge in [-0.1, -0.05) is 23.2 Å². The van der Waals surface area contributed by atoms with E-state index in [0.717, 1.165) is 17.8 Å². The van der Waals surface area contributed by atoms with Crippen LogP contribution in [0.3, 0.4) is 0 Å². The molecule has 1 aromatic heterocycles. The molecule has 0 bridgehead atoms. The summed E-state index contributed by atoms with van der Waals surface area (Å²) in [5.74, 6) is 0. The molecule has 2 heterocycles. The van der Waals surface area contributed by atoms with E-state index in [4.69, 9.17) is 23.2 Å². The lowest BCUT2D eigenvalue weighted by Crippen LogP contribution is -2.08. The molecule has 13 heavy (non-hydrogen) atoms. The number of aromatic nitrogens is 1. The lowest BCUT2D eigenvalue weighted by Gasteiger charge is -2.05. The fourth-order valence-corrected chi connectivity index (χ4v) is 2.20. The molecule has 0 fully saturated rings. The standard InChI is InChI=1S/C8H8Cl2N2S/c1-13-7-3-6-5(11-7)2-4(9)8(10)12-6/h2,7,11H,3H2,1H3. The predicted molar refractivity (Wildman–Crippen MR) is 58.9 cm³/mol. The van der Waals surface area contributed by atoms with Crippen LogP contribution in [0.15, 0.2) is 6.07 Å². The number of pyridine rings is 1. The highest BCUT2D eigenvalue weighted by Gasteiger charge is 2.22. The lowest BCUT2D eigenvalue weighted by atomic mass is 10.3. The van der Waals surface area contributed by atoms with Crippen LogP contribution >= 0.6 is 35.0 Å². The minimum absolute atomic E-state index is 0.393. The Hall–Kier alpha value is -0.120. The zero-order valence-electron chi connectivity index (χ0n) is 6.97. The van der Waals surface area contributed by atoms with Crippen LogP contribution in [0.4, 0.5) is 5.69 Å². The third-order valence-electron chi connectivity index (χ3n) is 1.99. The molecule has 0 saturated heterocycles. The summed E-state index contributed by atoms with van der Waals surface area (Å²) in [5, 5.41) is 4.61. The number of fused-ring (bicyclic) bond motifs is 1. The fraction of sp³-hybridized carbons (Fsp3) is 0.375. The highest BCUT2D eigenvalue weighted by atomic mass is 35.5. The summed E-state index contributed by atoms with van der Waals surface area (Å²) in [6.07, 6.45) is 2.97. The van der Waals surface area contributed by atoms with Gasteiger partial charge in [-0.05, 0) is 12.3 Å². The van der Waals surface area contributed by atoms with Gasteiger partial charge < -0.3 is 5.32 Å². The van der Waals surface area contributed by atoms with Crippen molar-refractivity contribution in [3.63, 3.8) is 0 Å². The summed E-state index contributed by atoms with van der Waals surface area (Å²) < 4.78 is 0. The number of rotatable bonds is 1. The molecule has 70 valence electrons. The molecule has 1 N–H and O–H groups in total. The number of halogens is 2. The Bertz CT molecular complexity index is 312. The maximum Gasteiger partial charge on any atom is 0.148 e. The van der Waals surface area contributed by atoms with Crippen LogP contribution in [-0.4, -0.2) is 16.6 Å². The monoisotopic (exact) mass is 234 g/mol. The number of anilines is 1. The van der Waals surface area contributed by atoms with Crippen LogP contribution in [0.5, 0.6) is 0 Å². The van der Waals surface area contributed by atoms with Crippen LogP contribution in [0, 0.1) is 0 Å². The molecule has 0 aromatic carbocycles. The van der Waals surface area contributed by atoms with E-state index >= 15 is 0 Å². The van der Waals surface area contributed by atoms with E-state index in [2.05, 4.69) is 16.6 Å². The van der Waals surface area contributed by atoms with Crippen molar-refractivity contribution in [2.24, 2.45) is 0 Å². The molecular formula is C8H8Cl2N2S. The number of hydrogen-bond donors (Lipinski definition) is 1. The minimum Gasteiger partial charge on any atom is -0.371 e. The van der Waals surface area contributed by atoms with Gasteiger partial charge in [0.1, 0.15) is 5.15 Å². The third kappa shape index (κ3) is 1.73. The van der Waals surface area contributed by atoms with E-state index in [-0.39, 0.29) is 0 Å². The van der Waals surface area contributed by atoms with Gasteiger partial charge in [0.15, 0.2) is 0 Å². The Balaban J connectivity index is 2.36. The van der Waals surface area contributed by atoms with Crippen LogP contribution in [0.1, 0.15) is 5.69 Å². The molecular weight excluding hydrogens is 227 g/mol. The molecule has 1 aromatic rings. The van der Waals surface area contributed by atoms with Gasteiger partial charge in [0.25, 0.3) is 0 Å². The average molecular weight is 235 g/mol. The van der Waals surface area contributed by atoms with Crippen molar-refractivity contribution in [2.75, 3.05) is 11.6 Å². The van der Waals surface area contributed by atoms with Crippen molar-refractivity contribution in [1.82, 2.24) is 4.98 Å². The largest absolute Gasteiger partial charge is 0.371 e. The van der Waals surface area contributed by atoms with Crippen molar-refractivity contribution in [1.29, 1.82) is 0 Å². The Labute approximate surface area is 91.0 Å². The zero-order valence-corrected chi connectivity index (χ0v) is 9.30. The van der Waals surface area contributed by atoms with E-state index in [1.807, 2.05) is 6.07 Å². The van der Waals surface area contributed by atoms with E-state index < -0.39 is 0 Å². The number of nitrogens with zero attached hydrogens (tertiary/aromatic N) is 1. The van der Waals surface area contributed by atoms with Gasteiger partial charge in [-0.15, -0.1) is 11.8 Å².